The predicted molar refractivity (Wildman–Crippen MR) is 102 cm³/mol. The maximum atomic E-state index is 12.1. The van der Waals surface area contributed by atoms with Crippen molar-refractivity contribution in [3.05, 3.63) is 64.7 Å². The Labute approximate surface area is 155 Å². The molecule has 0 unspecified atom stereocenters. The van der Waals surface area contributed by atoms with Crippen LogP contribution in [-0.2, 0) is 11.3 Å². The molecular formula is C18H16ClN3O2S. The molecule has 128 valence electrons. The highest BCUT2D eigenvalue weighted by Crippen LogP contribution is 2.23. The molecule has 0 aliphatic carbocycles. The molecule has 2 aromatic rings. The molecule has 7 heteroatoms. The third kappa shape index (κ3) is 4.61. The monoisotopic (exact) mass is 373 g/mol. The van der Waals surface area contributed by atoms with Crippen LogP contribution in [0.25, 0.3) is 0 Å². The van der Waals surface area contributed by atoms with Crippen molar-refractivity contribution in [2.45, 2.75) is 6.54 Å². The van der Waals surface area contributed by atoms with Gasteiger partial charge in [0.1, 0.15) is 5.75 Å². The van der Waals surface area contributed by atoms with Gasteiger partial charge in [-0.3, -0.25) is 9.69 Å². The molecule has 0 N–H and O–H groups in total. The Morgan fingerprint density at radius 1 is 1.20 bits per heavy atom. The summed E-state index contributed by atoms with van der Waals surface area (Å²) < 4.78 is 5.15. The van der Waals surface area contributed by atoms with Crippen LogP contribution in [0.5, 0.6) is 5.75 Å². The summed E-state index contributed by atoms with van der Waals surface area (Å²) in [7, 11) is 1.62. The van der Waals surface area contributed by atoms with Crippen LogP contribution >= 0.6 is 23.4 Å². The van der Waals surface area contributed by atoms with Crippen molar-refractivity contribution in [2.75, 3.05) is 12.9 Å². The number of hydrogen-bond acceptors (Lipinski definition) is 5. The molecule has 1 heterocycles. The fourth-order valence-electron chi connectivity index (χ4n) is 2.23. The van der Waals surface area contributed by atoms with Crippen LogP contribution in [0.1, 0.15) is 11.1 Å². The molecule has 2 aromatic carbocycles. The summed E-state index contributed by atoms with van der Waals surface area (Å²) in [5.74, 6) is 1.19. The van der Waals surface area contributed by atoms with E-state index in [4.69, 9.17) is 16.3 Å². The normalized spacial score (nSPS) is 16.2. The second kappa shape index (κ2) is 8.18. The number of amides is 1. The Morgan fingerprint density at radius 3 is 2.60 bits per heavy atom. The first-order valence-corrected chi connectivity index (χ1v) is 8.95. The lowest BCUT2D eigenvalue weighted by Gasteiger charge is -2.15. The number of hydrogen-bond donors (Lipinski definition) is 0. The van der Waals surface area contributed by atoms with E-state index in [0.717, 1.165) is 16.9 Å². The quantitative estimate of drug-likeness (QED) is 0.591. The second-order valence-electron chi connectivity index (χ2n) is 5.30. The molecule has 1 amide bonds. The van der Waals surface area contributed by atoms with Gasteiger partial charge in [-0.25, -0.2) is 0 Å². The van der Waals surface area contributed by atoms with E-state index in [1.165, 1.54) is 11.8 Å². The molecule has 0 bridgehead atoms. The van der Waals surface area contributed by atoms with Gasteiger partial charge in [-0.15, -0.1) is 5.10 Å². The van der Waals surface area contributed by atoms with Crippen LogP contribution < -0.4 is 4.74 Å². The molecule has 0 saturated carbocycles. The number of nitrogens with zero attached hydrogens (tertiary/aromatic N) is 3. The summed E-state index contributed by atoms with van der Waals surface area (Å²) in [6, 6.07) is 14.9. The first-order chi connectivity index (χ1) is 12.2. The molecule has 0 atom stereocenters. The van der Waals surface area contributed by atoms with Gasteiger partial charge < -0.3 is 4.74 Å². The molecule has 3 rings (SSSR count). The molecule has 0 aromatic heterocycles. The van der Waals surface area contributed by atoms with Gasteiger partial charge in [-0.2, -0.15) is 5.10 Å². The summed E-state index contributed by atoms with van der Waals surface area (Å²) in [5, 5.41) is 9.57. The minimum atomic E-state index is 0.0289. The largest absolute Gasteiger partial charge is 0.497 e. The Balaban J connectivity index is 1.70. The average Bonchev–Trinajstić information content (AvgIpc) is 2.97. The average molecular weight is 374 g/mol. The number of thioether (sulfide) groups is 1. The molecule has 0 radical (unpaired) electrons. The number of benzene rings is 2. The van der Waals surface area contributed by atoms with Crippen LogP contribution in [0.4, 0.5) is 0 Å². The molecule has 0 spiro atoms. The van der Waals surface area contributed by atoms with E-state index in [1.54, 1.807) is 30.4 Å². The summed E-state index contributed by atoms with van der Waals surface area (Å²) in [6.07, 6.45) is 1.64. The van der Waals surface area contributed by atoms with Crippen LogP contribution in [0.15, 0.2) is 58.7 Å². The Hall–Kier alpha value is -2.31. The third-order valence-corrected chi connectivity index (χ3v) is 4.78. The van der Waals surface area contributed by atoms with Gasteiger partial charge in [0, 0.05) is 5.02 Å². The molecule has 1 aliphatic rings. The summed E-state index contributed by atoms with van der Waals surface area (Å²) in [6.45, 7) is 0.463. The van der Waals surface area contributed by atoms with Gasteiger partial charge in [0.2, 0.25) is 5.91 Å². The highest BCUT2D eigenvalue weighted by molar-refractivity contribution is 8.15. The standard InChI is InChI=1S/C18H16ClN3O2S/c1-24-16-8-4-14(5-9-16)11-22-17(23)12-25-18(22)21-20-10-13-2-6-15(19)7-3-13/h2-10H,11-12H2,1H3. The van der Waals surface area contributed by atoms with E-state index in [0.29, 0.717) is 22.5 Å². The first-order valence-electron chi connectivity index (χ1n) is 7.58. The number of carbonyl (C=O) groups is 1. The lowest BCUT2D eigenvalue weighted by atomic mass is 10.2. The summed E-state index contributed by atoms with van der Waals surface area (Å²) in [5.41, 5.74) is 1.90. The van der Waals surface area contributed by atoms with Crippen molar-refractivity contribution < 1.29 is 9.53 Å². The number of rotatable bonds is 5. The number of methoxy groups -OCH3 is 1. The van der Waals surface area contributed by atoms with Crippen LogP contribution in [0.3, 0.4) is 0 Å². The van der Waals surface area contributed by atoms with Crippen LogP contribution in [0.2, 0.25) is 5.02 Å². The molecule has 1 saturated heterocycles. The molecule has 1 aliphatic heterocycles. The van der Waals surface area contributed by atoms with E-state index in [9.17, 15) is 4.79 Å². The van der Waals surface area contributed by atoms with Crippen molar-refractivity contribution >= 4 is 40.7 Å². The molecule has 25 heavy (non-hydrogen) atoms. The number of ether oxygens (including phenoxy) is 1. The van der Waals surface area contributed by atoms with Crippen molar-refractivity contribution in [3.63, 3.8) is 0 Å². The van der Waals surface area contributed by atoms with E-state index in [-0.39, 0.29) is 5.91 Å². The number of amidine groups is 1. The SMILES string of the molecule is COc1ccc(CN2C(=O)CSC2=NN=Cc2ccc(Cl)cc2)cc1. The van der Waals surface area contributed by atoms with E-state index in [2.05, 4.69) is 10.2 Å². The van der Waals surface area contributed by atoms with Gasteiger partial charge >= 0.3 is 0 Å². The smallest absolute Gasteiger partial charge is 0.239 e. The Kier molecular flexibility index (Phi) is 5.73. The zero-order chi connectivity index (χ0) is 17.6. The highest BCUT2D eigenvalue weighted by Gasteiger charge is 2.28. The van der Waals surface area contributed by atoms with Crippen molar-refractivity contribution in [2.24, 2.45) is 10.2 Å². The minimum absolute atomic E-state index is 0.0289. The minimum Gasteiger partial charge on any atom is -0.497 e. The van der Waals surface area contributed by atoms with Gasteiger partial charge in [0.15, 0.2) is 5.17 Å². The van der Waals surface area contributed by atoms with Gasteiger partial charge in [0.25, 0.3) is 0 Å². The topological polar surface area (TPSA) is 54.3 Å². The maximum absolute atomic E-state index is 12.1. The Bertz CT molecular complexity index is 804. The fraction of sp³-hybridized carbons (Fsp3) is 0.167. The zero-order valence-electron chi connectivity index (χ0n) is 13.6. The molecule has 1 fully saturated rings. The second-order valence-corrected chi connectivity index (χ2v) is 6.67. The van der Waals surface area contributed by atoms with E-state index in [1.807, 2.05) is 36.4 Å². The lowest BCUT2D eigenvalue weighted by Crippen LogP contribution is -2.28. The predicted octanol–water partition coefficient (Wildman–Crippen LogP) is 3.81. The fourth-order valence-corrected chi connectivity index (χ4v) is 3.20. The lowest BCUT2D eigenvalue weighted by molar-refractivity contribution is -0.124. The van der Waals surface area contributed by atoms with Crippen molar-refractivity contribution in [3.8, 4) is 5.75 Å². The van der Waals surface area contributed by atoms with Crippen molar-refractivity contribution in [1.82, 2.24) is 4.90 Å². The Morgan fingerprint density at radius 2 is 1.92 bits per heavy atom. The van der Waals surface area contributed by atoms with E-state index >= 15 is 0 Å². The van der Waals surface area contributed by atoms with Gasteiger partial charge in [-0.05, 0) is 35.4 Å². The van der Waals surface area contributed by atoms with Crippen LogP contribution in [0, 0.1) is 0 Å². The third-order valence-electron chi connectivity index (χ3n) is 3.58. The summed E-state index contributed by atoms with van der Waals surface area (Å²) in [4.78, 5) is 13.8. The number of carbonyl (C=O) groups excluding carboxylic acids is 1. The van der Waals surface area contributed by atoms with Gasteiger partial charge in [-0.1, -0.05) is 47.6 Å². The molecular weight excluding hydrogens is 358 g/mol. The van der Waals surface area contributed by atoms with Crippen molar-refractivity contribution in [1.29, 1.82) is 0 Å². The van der Waals surface area contributed by atoms with Gasteiger partial charge in [0.05, 0.1) is 25.6 Å². The zero-order valence-corrected chi connectivity index (χ0v) is 15.1. The highest BCUT2D eigenvalue weighted by atomic mass is 35.5. The van der Waals surface area contributed by atoms with E-state index < -0.39 is 0 Å². The number of halogens is 1. The first kappa shape index (κ1) is 17.5. The molecule has 5 nitrogen and oxygen atoms in total. The van der Waals surface area contributed by atoms with Crippen LogP contribution in [-0.4, -0.2) is 35.1 Å². The maximum Gasteiger partial charge on any atom is 0.239 e. The summed E-state index contributed by atoms with van der Waals surface area (Å²) >= 11 is 7.24.